The van der Waals surface area contributed by atoms with E-state index in [0.717, 1.165) is 42.8 Å². The van der Waals surface area contributed by atoms with E-state index < -0.39 is 0 Å². The number of carbonyl (C=O) groups excluding carboxylic acids is 1. The molecule has 1 aliphatic heterocycles. The Hall–Kier alpha value is -2.15. The van der Waals surface area contributed by atoms with Crippen LogP contribution in [0.2, 0.25) is 0 Å². The Balaban J connectivity index is 1.79. The van der Waals surface area contributed by atoms with E-state index in [1.165, 1.54) is 0 Å². The smallest absolute Gasteiger partial charge is 0.217 e. The predicted octanol–water partition coefficient (Wildman–Crippen LogP) is 0.896. The number of aromatic nitrogens is 3. The first-order chi connectivity index (χ1) is 10.1. The number of nitrogens with zero attached hydrogens (tertiary/aromatic N) is 4. The number of piperidine rings is 1. The van der Waals surface area contributed by atoms with Crippen molar-refractivity contribution in [1.82, 2.24) is 20.0 Å². The zero-order valence-corrected chi connectivity index (χ0v) is 12.1. The quantitative estimate of drug-likeness (QED) is 0.872. The number of nitrogens with one attached hydrogen (secondary N) is 1. The van der Waals surface area contributed by atoms with Gasteiger partial charge in [-0.1, -0.05) is 0 Å². The minimum atomic E-state index is -0.223. The van der Waals surface area contributed by atoms with Gasteiger partial charge in [-0.2, -0.15) is 0 Å². The number of fused-ring (bicyclic) bond motifs is 1. The fourth-order valence-electron chi connectivity index (χ4n) is 3.02. The first-order valence-electron chi connectivity index (χ1n) is 7.20. The third kappa shape index (κ3) is 2.82. The molecule has 0 bridgehead atoms. The molecule has 1 atom stereocenters. The lowest BCUT2D eigenvalue weighted by molar-refractivity contribution is -0.119. The normalized spacial score (nSPS) is 19.8. The SMILES string of the molecule is CN(c1ncnc2[nH]ccc12)N1CCCC(CC(N)=O)C1. The van der Waals surface area contributed by atoms with Crippen LogP contribution in [0.15, 0.2) is 18.6 Å². The minimum Gasteiger partial charge on any atom is -0.370 e. The summed E-state index contributed by atoms with van der Waals surface area (Å²) in [5.74, 6) is 0.975. The van der Waals surface area contributed by atoms with Gasteiger partial charge in [0.2, 0.25) is 5.91 Å². The van der Waals surface area contributed by atoms with Crippen LogP contribution < -0.4 is 10.7 Å². The first kappa shape index (κ1) is 13.8. The maximum absolute atomic E-state index is 11.1. The van der Waals surface area contributed by atoms with Crippen molar-refractivity contribution in [3.8, 4) is 0 Å². The summed E-state index contributed by atoms with van der Waals surface area (Å²) in [6.45, 7) is 1.79. The molecule has 2 aromatic rings. The molecule has 3 heterocycles. The fourth-order valence-corrected chi connectivity index (χ4v) is 3.02. The average molecular weight is 288 g/mol. The Morgan fingerprint density at radius 2 is 2.43 bits per heavy atom. The summed E-state index contributed by atoms with van der Waals surface area (Å²) in [7, 11) is 2.00. The summed E-state index contributed by atoms with van der Waals surface area (Å²) in [5.41, 5.74) is 6.15. The van der Waals surface area contributed by atoms with Crippen molar-refractivity contribution < 1.29 is 4.79 Å². The molecule has 0 saturated carbocycles. The van der Waals surface area contributed by atoms with Gasteiger partial charge in [0.1, 0.15) is 12.0 Å². The molecule has 1 saturated heterocycles. The Morgan fingerprint density at radius 3 is 3.24 bits per heavy atom. The molecule has 3 N–H and O–H groups in total. The van der Waals surface area contributed by atoms with Gasteiger partial charge in [-0.25, -0.2) is 15.0 Å². The topological polar surface area (TPSA) is 91.1 Å². The first-order valence-corrected chi connectivity index (χ1v) is 7.20. The maximum Gasteiger partial charge on any atom is 0.217 e. The van der Waals surface area contributed by atoms with Crippen LogP contribution in [0.25, 0.3) is 11.0 Å². The number of hydrogen-bond acceptors (Lipinski definition) is 5. The van der Waals surface area contributed by atoms with E-state index in [1.807, 2.05) is 19.3 Å². The summed E-state index contributed by atoms with van der Waals surface area (Å²) >= 11 is 0. The highest BCUT2D eigenvalue weighted by atomic mass is 16.1. The molecule has 0 aromatic carbocycles. The molecule has 0 aliphatic carbocycles. The van der Waals surface area contributed by atoms with Crippen molar-refractivity contribution in [2.75, 3.05) is 25.1 Å². The highest BCUT2D eigenvalue weighted by Crippen LogP contribution is 2.26. The van der Waals surface area contributed by atoms with Gasteiger partial charge in [0.25, 0.3) is 0 Å². The zero-order chi connectivity index (χ0) is 14.8. The number of H-pyrrole nitrogens is 1. The number of hydrazine groups is 1. The van der Waals surface area contributed by atoms with Crippen LogP contribution in [0.5, 0.6) is 0 Å². The molecule has 1 unspecified atom stereocenters. The number of hydrogen-bond donors (Lipinski definition) is 2. The average Bonchev–Trinajstić information content (AvgIpc) is 2.94. The second-order valence-corrected chi connectivity index (χ2v) is 5.55. The standard InChI is InChI=1S/C14H20N6O/c1-19(14-11-4-5-16-13(11)17-9-18-14)20-6-2-3-10(8-20)7-12(15)21/h4-5,9-10H,2-3,6-8H2,1H3,(H2,15,21)(H,16,17,18). The third-order valence-electron chi connectivity index (χ3n) is 4.05. The Bertz CT molecular complexity index is 639. The molecular formula is C14H20N6O. The van der Waals surface area contributed by atoms with Crippen molar-refractivity contribution in [1.29, 1.82) is 0 Å². The van der Waals surface area contributed by atoms with Crippen LogP contribution >= 0.6 is 0 Å². The summed E-state index contributed by atoms with van der Waals surface area (Å²) in [6, 6.07) is 1.98. The van der Waals surface area contributed by atoms with Crippen LogP contribution in [-0.4, -0.2) is 46.0 Å². The van der Waals surface area contributed by atoms with Crippen molar-refractivity contribution in [3.63, 3.8) is 0 Å². The van der Waals surface area contributed by atoms with Crippen LogP contribution in [0.3, 0.4) is 0 Å². The molecule has 7 heteroatoms. The van der Waals surface area contributed by atoms with Gasteiger partial charge in [0.15, 0.2) is 5.82 Å². The van der Waals surface area contributed by atoms with E-state index in [4.69, 9.17) is 5.73 Å². The van der Waals surface area contributed by atoms with Crippen molar-refractivity contribution in [2.24, 2.45) is 11.7 Å². The number of carbonyl (C=O) groups is 1. The largest absolute Gasteiger partial charge is 0.370 e. The molecular weight excluding hydrogens is 268 g/mol. The predicted molar refractivity (Wildman–Crippen MR) is 80.4 cm³/mol. The van der Waals surface area contributed by atoms with E-state index in [1.54, 1.807) is 6.33 Å². The van der Waals surface area contributed by atoms with Crippen LogP contribution in [0.1, 0.15) is 19.3 Å². The molecule has 112 valence electrons. The molecule has 7 nitrogen and oxygen atoms in total. The van der Waals surface area contributed by atoms with Gasteiger partial charge in [-0.15, -0.1) is 0 Å². The number of aromatic amines is 1. The van der Waals surface area contributed by atoms with E-state index in [9.17, 15) is 4.79 Å². The second-order valence-electron chi connectivity index (χ2n) is 5.55. The Kier molecular flexibility index (Phi) is 3.74. The van der Waals surface area contributed by atoms with Gasteiger partial charge in [-0.3, -0.25) is 9.80 Å². The van der Waals surface area contributed by atoms with Crippen molar-refractivity contribution in [2.45, 2.75) is 19.3 Å². The molecule has 3 rings (SSSR count). The minimum absolute atomic E-state index is 0.223. The van der Waals surface area contributed by atoms with E-state index in [2.05, 4.69) is 25.0 Å². The van der Waals surface area contributed by atoms with Gasteiger partial charge < -0.3 is 10.7 Å². The van der Waals surface area contributed by atoms with Gasteiger partial charge in [0.05, 0.1) is 5.39 Å². The lowest BCUT2D eigenvalue weighted by atomic mass is 9.95. The second kappa shape index (κ2) is 5.69. The third-order valence-corrected chi connectivity index (χ3v) is 4.05. The Morgan fingerprint density at radius 1 is 1.57 bits per heavy atom. The van der Waals surface area contributed by atoms with E-state index >= 15 is 0 Å². The summed E-state index contributed by atoms with van der Waals surface area (Å²) in [5, 5.41) is 5.29. The van der Waals surface area contributed by atoms with Crippen molar-refractivity contribution in [3.05, 3.63) is 18.6 Å². The molecule has 0 spiro atoms. The molecule has 2 aromatic heterocycles. The molecule has 21 heavy (non-hydrogen) atoms. The fraction of sp³-hybridized carbons (Fsp3) is 0.500. The molecule has 1 amide bonds. The summed E-state index contributed by atoms with van der Waals surface area (Å²) in [6.07, 6.45) is 5.99. The maximum atomic E-state index is 11.1. The van der Waals surface area contributed by atoms with Crippen LogP contribution in [-0.2, 0) is 4.79 Å². The Labute approximate surface area is 123 Å². The molecule has 0 radical (unpaired) electrons. The van der Waals surface area contributed by atoms with E-state index in [0.29, 0.717) is 12.3 Å². The van der Waals surface area contributed by atoms with Gasteiger partial charge >= 0.3 is 0 Å². The summed E-state index contributed by atoms with van der Waals surface area (Å²) < 4.78 is 0. The number of primary amides is 1. The van der Waals surface area contributed by atoms with Crippen LogP contribution in [0, 0.1) is 5.92 Å². The highest BCUT2D eigenvalue weighted by molar-refractivity contribution is 5.86. The lowest BCUT2D eigenvalue weighted by Crippen LogP contribution is -2.47. The van der Waals surface area contributed by atoms with Gasteiger partial charge in [-0.05, 0) is 24.8 Å². The molecule has 1 aliphatic rings. The van der Waals surface area contributed by atoms with Crippen molar-refractivity contribution >= 4 is 22.8 Å². The van der Waals surface area contributed by atoms with Gasteiger partial charge in [0, 0.05) is 32.8 Å². The number of rotatable bonds is 4. The monoisotopic (exact) mass is 288 g/mol. The van der Waals surface area contributed by atoms with Crippen LogP contribution in [0.4, 0.5) is 5.82 Å². The van der Waals surface area contributed by atoms with E-state index in [-0.39, 0.29) is 5.91 Å². The number of anilines is 1. The zero-order valence-electron chi connectivity index (χ0n) is 12.1. The lowest BCUT2D eigenvalue weighted by Gasteiger charge is -2.38. The number of nitrogens with two attached hydrogens (primary N) is 1. The highest BCUT2D eigenvalue weighted by Gasteiger charge is 2.25. The summed E-state index contributed by atoms with van der Waals surface area (Å²) in [4.78, 5) is 22.8. The molecule has 1 fully saturated rings. The number of amides is 1.